The summed E-state index contributed by atoms with van der Waals surface area (Å²) in [5.74, 6) is -1.22. The van der Waals surface area contributed by atoms with E-state index in [2.05, 4.69) is 27.4 Å². The molecule has 0 saturated carbocycles. The molecule has 0 aliphatic rings. The number of carboxylic acids is 1. The number of benzene rings is 1. The molecule has 2 rings (SSSR count). The maximum absolute atomic E-state index is 12.4. The lowest BCUT2D eigenvalue weighted by Gasteiger charge is -2.19. The molecule has 0 unspecified atom stereocenters. The fourth-order valence-electron chi connectivity index (χ4n) is 2.44. The van der Waals surface area contributed by atoms with Gasteiger partial charge in [0, 0.05) is 6.54 Å². The Kier molecular flexibility index (Phi) is 4.55. The molecule has 0 spiro atoms. The third-order valence-electron chi connectivity index (χ3n) is 3.76. The lowest BCUT2D eigenvalue weighted by molar-refractivity contribution is 0.0694. The molecule has 120 valence electrons. The van der Waals surface area contributed by atoms with Crippen LogP contribution in [0, 0.1) is 0 Å². The first-order valence-electron chi connectivity index (χ1n) is 7.44. The number of rotatable bonds is 4. The summed E-state index contributed by atoms with van der Waals surface area (Å²) in [7, 11) is 0. The monoisotopic (exact) mass is 311 g/mol. The highest BCUT2D eigenvalue weighted by atomic mass is 16.4. The van der Waals surface area contributed by atoms with Crippen molar-refractivity contribution in [2.24, 2.45) is 0 Å². The number of hydrogen-bond acceptors (Lipinski definition) is 2. The summed E-state index contributed by atoms with van der Waals surface area (Å²) in [5.41, 5.74) is 2.04. The summed E-state index contributed by atoms with van der Waals surface area (Å²) in [6.45, 7) is 10.3. The molecule has 23 heavy (non-hydrogen) atoms. The number of carbonyl (C=O) groups is 1. The fourth-order valence-corrected chi connectivity index (χ4v) is 2.44. The van der Waals surface area contributed by atoms with Crippen LogP contribution in [0.1, 0.15) is 36.7 Å². The zero-order valence-corrected chi connectivity index (χ0v) is 13.7. The second-order valence-corrected chi connectivity index (χ2v) is 6.47. The van der Waals surface area contributed by atoms with Gasteiger partial charge in [0.2, 0.25) is 0 Å². The van der Waals surface area contributed by atoms with E-state index >= 15 is 0 Å². The molecule has 4 nitrogen and oxygen atoms in total. The molecule has 0 atom stereocenters. The van der Waals surface area contributed by atoms with Gasteiger partial charge >= 0.3 is 5.97 Å². The van der Waals surface area contributed by atoms with Crippen molar-refractivity contribution in [2.45, 2.75) is 32.7 Å². The van der Waals surface area contributed by atoms with Gasteiger partial charge in [-0.25, -0.2) is 4.79 Å². The topological polar surface area (TPSA) is 59.3 Å². The average Bonchev–Trinajstić information content (AvgIpc) is 2.48. The summed E-state index contributed by atoms with van der Waals surface area (Å²) in [4.78, 5) is 23.5. The van der Waals surface area contributed by atoms with E-state index < -0.39 is 11.5 Å². The van der Waals surface area contributed by atoms with Crippen molar-refractivity contribution in [3.63, 3.8) is 0 Å². The fraction of sp³-hybridized carbons (Fsp3) is 0.263. The minimum absolute atomic E-state index is 0.0481. The van der Waals surface area contributed by atoms with Gasteiger partial charge in [0.25, 0.3) is 5.56 Å². The van der Waals surface area contributed by atoms with Gasteiger partial charge in [0.15, 0.2) is 0 Å². The van der Waals surface area contributed by atoms with Crippen LogP contribution in [0.3, 0.4) is 0 Å². The maximum atomic E-state index is 12.4. The van der Waals surface area contributed by atoms with Crippen molar-refractivity contribution in [2.75, 3.05) is 0 Å². The Hall–Kier alpha value is -2.62. The third kappa shape index (κ3) is 3.42. The normalized spacial score (nSPS) is 11.3. The summed E-state index contributed by atoms with van der Waals surface area (Å²) >= 11 is 0. The number of nitrogens with zero attached hydrogens (tertiary/aromatic N) is 1. The minimum atomic E-state index is -1.22. The standard InChI is InChI=1S/C19H21NO3/c1-5-12-20-16(11-10-15(17(20)21)18(22)23)13-6-8-14(9-7-13)19(2,3)4/h5-11H,1,12H2,2-4H3,(H,22,23). The van der Waals surface area contributed by atoms with Crippen molar-refractivity contribution in [1.82, 2.24) is 4.57 Å². The average molecular weight is 311 g/mol. The smallest absolute Gasteiger partial charge is 0.341 e. The Morgan fingerprint density at radius 1 is 1.17 bits per heavy atom. The van der Waals surface area contributed by atoms with Crippen LogP contribution in [0.25, 0.3) is 11.3 Å². The van der Waals surface area contributed by atoms with Crippen molar-refractivity contribution >= 4 is 5.97 Å². The molecular formula is C19H21NO3. The molecule has 0 aliphatic heterocycles. The SMILES string of the molecule is C=CCn1c(-c2ccc(C(C)(C)C)cc2)ccc(C(=O)O)c1=O. The van der Waals surface area contributed by atoms with Crippen LogP contribution in [0.2, 0.25) is 0 Å². The molecular weight excluding hydrogens is 290 g/mol. The highest BCUT2D eigenvalue weighted by Gasteiger charge is 2.16. The molecule has 0 bridgehead atoms. The van der Waals surface area contributed by atoms with E-state index in [9.17, 15) is 9.59 Å². The minimum Gasteiger partial charge on any atom is -0.477 e. The predicted octanol–water partition coefficient (Wildman–Crippen LogP) is 3.70. The van der Waals surface area contributed by atoms with Crippen LogP contribution in [0.4, 0.5) is 0 Å². The predicted molar refractivity (Wildman–Crippen MR) is 92.0 cm³/mol. The number of aromatic carboxylic acids is 1. The Morgan fingerprint density at radius 3 is 2.26 bits per heavy atom. The Morgan fingerprint density at radius 2 is 1.78 bits per heavy atom. The number of allylic oxidation sites excluding steroid dienone is 1. The number of hydrogen-bond donors (Lipinski definition) is 1. The maximum Gasteiger partial charge on any atom is 0.341 e. The van der Waals surface area contributed by atoms with E-state index in [1.54, 1.807) is 12.1 Å². The van der Waals surface area contributed by atoms with Crippen molar-refractivity contribution < 1.29 is 9.90 Å². The van der Waals surface area contributed by atoms with E-state index in [4.69, 9.17) is 5.11 Å². The highest BCUT2D eigenvalue weighted by molar-refractivity contribution is 5.87. The van der Waals surface area contributed by atoms with Crippen LogP contribution < -0.4 is 5.56 Å². The van der Waals surface area contributed by atoms with Crippen LogP contribution in [-0.2, 0) is 12.0 Å². The van der Waals surface area contributed by atoms with Gasteiger partial charge in [-0.1, -0.05) is 51.1 Å². The molecule has 2 aromatic rings. The zero-order valence-electron chi connectivity index (χ0n) is 13.7. The zero-order chi connectivity index (χ0) is 17.2. The molecule has 0 amide bonds. The van der Waals surface area contributed by atoms with E-state index in [0.29, 0.717) is 5.69 Å². The van der Waals surface area contributed by atoms with Crippen molar-refractivity contribution in [3.05, 3.63) is 70.5 Å². The first kappa shape index (κ1) is 16.7. The molecule has 4 heteroatoms. The molecule has 0 fully saturated rings. The number of pyridine rings is 1. The van der Waals surface area contributed by atoms with Crippen LogP contribution in [0.15, 0.2) is 53.8 Å². The van der Waals surface area contributed by atoms with Gasteiger partial charge in [0.1, 0.15) is 5.56 Å². The Bertz CT molecular complexity index is 793. The van der Waals surface area contributed by atoms with Crippen LogP contribution >= 0.6 is 0 Å². The van der Waals surface area contributed by atoms with Gasteiger partial charge in [-0.2, -0.15) is 0 Å². The summed E-state index contributed by atoms with van der Waals surface area (Å²) in [5, 5.41) is 9.11. The first-order valence-corrected chi connectivity index (χ1v) is 7.44. The van der Waals surface area contributed by atoms with E-state index in [1.165, 1.54) is 16.2 Å². The molecule has 0 aliphatic carbocycles. The lowest BCUT2D eigenvalue weighted by atomic mass is 9.86. The van der Waals surface area contributed by atoms with E-state index in [0.717, 1.165) is 5.56 Å². The van der Waals surface area contributed by atoms with Gasteiger partial charge in [0.05, 0.1) is 5.69 Å². The summed E-state index contributed by atoms with van der Waals surface area (Å²) < 4.78 is 1.43. The van der Waals surface area contributed by atoms with Gasteiger partial charge in [-0.15, -0.1) is 6.58 Å². The van der Waals surface area contributed by atoms with Crippen LogP contribution in [0.5, 0.6) is 0 Å². The number of aromatic nitrogens is 1. The second-order valence-electron chi connectivity index (χ2n) is 6.47. The van der Waals surface area contributed by atoms with Crippen molar-refractivity contribution in [3.8, 4) is 11.3 Å². The second kappa shape index (κ2) is 6.24. The molecule has 0 saturated heterocycles. The first-order chi connectivity index (χ1) is 10.8. The summed E-state index contributed by atoms with van der Waals surface area (Å²) in [6, 6.07) is 11.0. The summed E-state index contributed by atoms with van der Waals surface area (Å²) in [6.07, 6.45) is 1.58. The van der Waals surface area contributed by atoms with E-state index in [-0.39, 0.29) is 17.5 Å². The Labute approximate surface area is 135 Å². The van der Waals surface area contributed by atoms with Crippen molar-refractivity contribution in [1.29, 1.82) is 0 Å². The Balaban J connectivity index is 2.59. The van der Waals surface area contributed by atoms with Gasteiger partial charge in [-0.05, 0) is 28.7 Å². The number of carboxylic acid groups (broad SMARTS) is 1. The largest absolute Gasteiger partial charge is 0.477 e. The molecule has 1 N–H and O–H groups in total. The highest BCUT2D eigenvalue weighted by Crippen LogP contribution is 2.26. The third-order valence-corrected chi connectivity index (χ3v) is 3.76. The van der Waals surface area contributed by atoms with Crippen LogP contribution in [-0.4, -0.2) is 15.6 Å². The van der Waals surface area contributed by atoms with E-state index in [1.807, 2.05) is 24.3 Å². The lowest BCUT2D eigenvalue weighted by Crippen LogP contribution is -2.27. The molecule has 1 aromatic carbocycles. The van der Waals surface area contributed by atoms with Gasteiger partial charge in [-0.3, -0.25) is 4.79 Å². The molecule has 0 radical (unpaired) electrons. The van der Waals surface area contributed by atoms with Gasteiger partial charge < -0.3 is 9.67 Å². The quantitative estimate of drug-likeness (QED) is 0.876. The molecule has 1 aromatic heterocycles. The molecule has 1 heterocycles.